The molecular weight excluding hydrogens is 196 g/mol. The second kappa shape index (κ2) is 5.51. The van der Waals surface area contributed by atoms with Gasteiger partial charge in [-0.15, -0.1) is 12.3 Å². The van der Waals surface area contributed by atoms with Gasteiger partial charge in [-0.1, -0.05) is 18.5 Å². The summed E-state index contributed by atoms with van der Waals surface area (Å²) in [4.78, 5) is 4.14. The minimum absolute atomic E-state index is 0.286. The van der Waals surface area contributed by atoms with Crippen molar-refractivity contribution < 1.29 is 0 Å². The van der Waals surface area contributed by atoms with Gasteiger partial charge in [0.2, 0.25) is 0 Å². The Labute approximate surface area is 89.7 Å². The Balaban J connectivity index is 2.59. The third-order valence-electron chi connectivity index (χ3n) is 1.94. The first kappa shape index (κ1) is 10.9. The largest absolute Gasteiger partial charge is 0.366 e. The van der Waals surface area contributed by atoms with Crippen LogP contribution < -0.4 is 5.32 Å². The summed E-state index contributed by atoms with van der Waals surface area (Å²) in [6, 6.07) is 3.94. The Kier molecular flexibility index (Phi) is 4.28. The molecule has 74 valence electrons. The van der Waals surface area contributed by atoms with Gasteiger partial charge in [-0.3, -0.25) is 0 Å². The monoisotopic (exact) mass is 208 g/mol. The summed E-state index contributed by atoms with van der Waals surface area (Å²) in [5.41, 5.74) is 0. The average Bonchev–Trinajstić information content (AvgIpc) is 2.20. The molecule has 0 aliphatic rings. The molecule has 1 atom stereocenters. The lowest BCUT2D eigenvalue weighted by Crippen LogP contribution is -2.18. The highest BCUT2D eigenvalue weighted by Crippen LogP contribution is 2.12. The first-order valence-electron chi connectivity index (χ1n) is 4.57. The molecule has 1 aromatic heterocycles. The average molecular weight is 209 g/mol. The highest BCUT2D eigenvalue weighted by molar-refractivity contribution is 6.30. The quantitative estimate of drug-likeness (QED) is 0.770. The fraction of sp³-hybridized carbons (Fsp3) is 0.364. The zero-order valence-electron chi connectivity index (χ0n) is 8.13. The lowest BCUT2D eigenvalue weighted by Gasteiger charge is -2.14. The fourth-order valence-electron chi connectivity index (χ4n) is 1.11. The molecule has 0 aromatic carbocycles. The summed E-state index contributed by atoms with van der Waals surface area (Å²) in [6.07, 6.45) is 8.56. The molecule has 0 saturated carbocycles. The van der Waals surface area contributed by atoms with E-state index in [0.29, 0.717) is 11.4 Å². The van der Waals surface area contributed by atoms with Gasteiger partial charge >= 0.3 is 0 Å². The number of pyridine rings is 1. The van der Waals surface area contributed by atoms with Crippen LogP contribution in [0.5, 0.6) is 0 Å². The summed E-state index contributed by atoms with van der Waals surface area (Å²) in [5, 5.41) is 3.88. The van der Waals surface area contributed by atoms with Gasteiger partial charge < -0.3 is 5.32 Å². The topological polar surface area (TPSA) is 24.9 Å². The minimum atomic E-state index is 0.286. The standard InChI is InChI=1S/C11H13ClN2/c1-3-5-10(4-2)14-11-7-6-9(12)8-13-11/h1,6-8,10H,4-5H2,2H3,(H,13,14). The number of aromatic nitrogens is 1. The number of hydrogen-bond donors (Lipinski definition) is 1. The van der Waals surface area contributed by atoms with Crippen LogP contribution in [0.3, 0.4) is 0 Å². The van der Waals surface area contributed by atoms with Gasteiger partial charge in [0.25, 0.3) is 0 Å². The van der Waals surface area contributed by atoms with Gasteiger partial charge in [-0.25, -0.2) is 4.98 Å². The zero-order valence-corrected chi connectivity index (χ0v) is 8.88. The van der Waals surface area contributed by atoms with E-state index in [4.69, 9.17) is 18.0 Å². The van der Waals surface area contributed by atoms with E-state index in [9.17, 15) is 0 Å². The molecule has 1 aromatic rings. The van der Waals surface area contributed by atoms with Crippen LogP contribution in [-0.4, -0.2) is 11.0 Å². The fourth-order valence-corrected chi connectivity index (χ4v) is 1.22. The summed E-state index contributed by atoms with van der Waals surface area (Å²) in [6.45, 7) is 2.09. The normalized spacial score (nSPS) is 11.8. The molecule has 1 unspecified atom stereocenters. The molecule has 3 heteroatoms. The number of nitrogens with one attached hydrogen (secondary N) is 1. The number of rotatable bonds is 4. The van der Waals surface area contributed by atoms with Crippen LogP contribution in [-0.2, 0) is 0 Å². The first-order chi connectivity index (χ1) is 6.76. The van der Waals surface area contributed by atoms with Crippen molar-refractivity contribution in [2.75, 3.05) is 5.32 Å². The number of hydrogen-bond acceptors (Lipinski definition) is 2. The Morgan fingerprint density at radius 1 is 1.64 bits per heavy atom. The van der Waals surface area contributed by atoms with E-state index in [2.05, 4.69) is 23.1 Å². The van der Waals surface area contributed by atoms with Gasteiger partial charge in [0.1, 0.15) is 5.82 Å². The van der Waals surface area contributed by atoms with E-state index < -0.39 is 0 Å². The van der Waals surface area contributed by atoms with E-state index in [1.807, 2.05) is 6.07 Å². The maximum atomic E-state index is 5.72. The molecule has 1 N–H and O–H groups in total. The molecule has 2 nitrogen and oxygen atoms in total. The van der Waals surface area contributed by atoms with Crippen LogP contribution in [0.4, 0.5) is 5.82 Å². The van der Waals surface area contributed by atoms with Crippen LogP contribution in [0.2, 0.25) is 5.02 Å². The van der Waals surface area contributed by atoms with Gasteiger partial charge in [-0.05, 0) is 18.6 Å². The number of halogens is 1. The van der Waals surface area contributed by atoms with Gasteiger partial charge in [0.15, 0.2) is 0 Å². The van der Waals surface area contributed by atoms with Gasteiger partial charge in [0.05, 0.1) is 5.02 Å². The van der Waals surface area contributed by atoms with Crippen LogP contribution in [0.15, 0.2) is 18.3 Å². The number of anilines is 1. The maximum Gasteiger partial charge on any atom is 0.126 e. The van der Waals surface area contributed by atoms with Crippen molar-refractivity contribution in [3.05, 3.63) is 23.4 Å². The molecule has 0 fully saturated rings. The molecule has 0 bridgehead atoms. The Morgan fingerprint density at radius 3 is 2.93 bits per heavy atom. The second-order valence-electron chi connectivity index (χ2n) is 3.02. The molecule has 14 heavy (non-hydrogen) atoms. The summed E-state index contributed by atoms with van der Waals surface area (Å²) in [7, 11) is 0. The lowest BCUT2D eigenvalue weighted by atomic mass is 10.1. The van der Waals surface area contributed by atoms with Crippen molar-refractivity contribution in [2.24, 2.45) is 0 Å². The van der Waals surface area contributed by atoms with E-state index in [0.717, 1.165) is 12.2 Å². The van der Waals surface area contributed by atoms with Crippen LogP contribution in [0.25, 0.3) is 0 Å². The molecule has 0 aliphatic heterocycles. The van der Waals surface area contributed by atoms with E-state index >= 15 is 0 Å². The third kappa shape index (κ3) is 3.27. The Morgan fingerprint density at radius 2 is 2.43 bits per heavy atom. The summed E-state index contributed by atoms with van der Waals surface area (Å²) in [5.74, 6) is 3.45. The minimum Gasteiger partial charge on any atom is -0.366 e. The highest BCUT2D eigenvalue weighted by atomic mass is 35.5. The SMILES string of the molecule is C#CCC(CC)Nc1ccc(Cl)cn1. The Bertz CT molecular complexity index is 313. The third-order valence-corrected chi connectivity index (χ3v) is 2.16. The van der Waals surface area contributed by atoms with E-state index in [1.54, 1.807) is 12.3 Å². The van der Waals surface area contributed by atoms with Crippen molar-refractivity contribution in [2.45, 2.75) is 25.8 Å². The maximum absolute atomic E-state index is 5.72. The molecule has 0 spiro atoms. The highest BCUT2D eigenvalue weighted by Gasteiger charge is 2.04. The number of nitrogens with zero attached hydrogens (tertiary/aromatic N) is 1. The smallest absolute Gasteiger partial charge is 0.126 e. The van der Waals surface area contributed by atoms with E-state index in [-0.39, 0.29) is 6.04 Å². The van der Waals surface area contributed by atoms with Crippen molar-refractivity contribution in [3.8, 4) is 12.3 Å². The van der Waals surface area contributed by atoms with Crippen LogP contribution in [0, 0.1) is 12.3 Å². The van der Waals surface area contributed by atoms with Crippen LogP contribution in [0.1, 0.15) is 19.8 Å². The summed E-state index contributed by atoms with van der Waals surface area (Å²) < 4.78 is 0. The Hall–Kier alpha value is -1.20. The molecule has 1 rings (SSSR count). The van der Waals surface area contributed by atoms with E-state index in [1.165, 1.54) is 0 Å². The van der Waals surface area contributed by atoms with Crippen molar-refractivity contribution in [1.82, 2.24) is 4.98 Å². The zero-order chi connectivity index (χ0) is 10.4. The molecule has 1 heterocycles. The van der Waals surface area contributed by atoms with Crippen LogP contribution >= 0.6 is 11.6 Å². The van der Waals surface area contributed by atoms with Crippen molar-refractivity contribution in [3.63, 3.8) is 0 Å². The van der Waals surface area contributed by atoms with Crippen molar-refractivity contribution in [1.29, 1.82) is 0 Å². The van der Waals surface area contributed by atoms with Crippen molar-refractivity contribution >= 4 is 17.4 Å². The van der Waals surface area contributed by atoms with Gasteiger partial charge in [-0.2, -0.15) is 0 Å². The summed E-state index contributed by atoms with van der Waals surface area (Å²) >= 11 is 5.72. The molecule has 0 saturated heterocycles. The molecule has 0 aliphatic carbocycles. The second-order valence-corrected chi connectivity index (χ2v) is 3.46. The lowest BCUT2D eigenvalue weighted by molar-refractivity contribution is 0.712. The van der Waals surface area contributed by atoms with Gasteiger partial charge in [0, 0.05) is 18.7 Å². The first-order valence-corrected chi connectivity index (χ1v) is 4.95. The molecule has 0 amide bonds. The predicted octanol–water partition coefficient (Wildman–Crippen LogP) is 2.95. The predicted molar refractivity (Wildman–Crippen MR) is 60.4 cm³/mol. The number of terminal acetylenes is 1. The molecular formula is C11H13ClN2. The molecule has 0 radical (unpaired) electrons.